The van der Waals surface area contributed by atoms with Crippen LogP contribution >= 0.6 is 0 Å². The molecule has 1 heterocycles. The van der Waals surface area contributed by atoms with Crippen LogP contribution in [0.5, 0.6) is 0 Å². The number of carbonyl (C=O) groups is 1. The van der Waals surface area contributed by atoms with Crippen LogP contribution in [0, 0.1) is 0 Å². The van der Waals surface area contributed by atoms with Gasteiger partial charge in [0.25, 0.3) is 0 Å². The number of carboxylic acids is 1. The molecule has 0 fully saturated rings. The molecule has 0 N–H and O–H groups in total. The average Bonchev–Trinajstić information content (AvgIpc) is 2.08. The quantitative estimate of drug-likeness (QED) is 0.490. The standard InChI is InChI=1S/C9H12N.C2H4O2/c1-3-6-9-7-4-5-8-10(9)2;1-2(3)4/h3-5,7-8H,1,6H2,2H3;1H3,(H,3,4)/q+1;/p-1. The highest BCUT2D eigenvalue weighted by molar-refractivity contribution is 5.60. The van der Waals surface area contributed by atoms with E-state index in [1.54, 1.807) is 0 Å². The van der Waals surface area contributed by atoms with Gasteiger partial charge in [0, 0.05) is 18.1 Å². The lowest BCUT2D eigenvalue weighted by molar-refractivity contribution is -0.678. The van der Waals surface area contributed by atoms with E-state index in [1.807, 2.05) is 31.5 Å². The molecule has 1 rings (SSSR count). The van der Waals surface area contributed by atoms with Crippen molar-refractivity contribution >= 4 is 5.97 Å². The molecular weight excluding hydrogens is 178 g/mol. The number of aryl methyl sites for hydroxylation is 1. The average molecular weight is 193 g/mol. The fourth-order valence-electron chi connectivity index (χ4n) is 0.919. The largest absolute Gasteiger partial charge is 0.550 e. The summed E-state index contributed by atoms with van der Waals surface area (Å²) in [6.45, 7) is 4.66. The Bertz CT molecular complexity index is 304. The zero-order valence-corrected chi connectivity index (χ0v) is 8.56. The van der Waals surface area contributed by atoms with E-state index < -0.39 is 5.97 Å². The molecule has 0 aliphatic rings. The first-order chi connectivity index (χ1) is 6.57. The maximum atomic E-state index is 8.89. The molecule has 1 aromatic rings. The molecule has 0 radical (unpaired) electrons. The third kappa shape index (κ3) is 5.94. The minimum Gasteiger partial charge on any atom is -0.550 e. The predicted molar refractivity (Wildman–Crippen MR) is 52.2 cm³/mol. The fraction of sp³-hybridized carbons (Fsp3) is 0.273. The first-order valence-electron chi connectivity index (χ1n) is 4.30. The van der Waals surface area contributed by atoms with E-state index in [2.05, 4.69) is 17.2 Å². The number of carbonyl (C=O) groups excluding carboxylic acids is 1. The van der Waals surface area contributed by atoms with Gasteiger partial charge in [-0.05, 0) is 6.92 Å². The molecule has 76 valence electrons. The van der Waals surface area contributed by atoms with Crippen molar-refractivity contribution in [1.29, 1.82) is 0 Å². The first kappa shape index (κ1) is 12.4. The summed E-state index contributed by atoms with van der Waals surface area (Å²) in [4.78, 5) is 8.89. The van der Waals surface area contributed by atoms with E-state index >= 15 is 0 Å². The fourth-order valence-corrected chi connectivity index (χ4v) is 0.919. The Labute approximate surface area is 84.3 Å². The normalized spacial score (nSPS) is 8.43. The molecule has 0 aliphatic heterocycles. The van der Waals surface area contributed by atoms with Crippen molar-refractivity contribution in [3.8, 4) is 0 Å². The zero-order valence-electron chi connectivity index (χ0n) is 8.56. The van der Waals surface area contributed by atoms with Gasteiger partial charge in [-0.1, -0.05) is 12.1 Å². The van der Waals surface area contributed by atoms with Crippen LogP contribution in [0.4, 0.5) is 0 Å². The zero-order chi connectivity index (χ0) is 11.0. The summed E-state index contributed by atoms with van der Waals surface area (Å²) in [6, 6.07) is 6.16. The second kappa shape index (κ2) is 6.83. The minimum atomic E-state index is -1.08. The van der Waals surface area contributed by atoms with Gasteiger partial charge in [0.15, 0.2) is 11.9 Å². The number of nitrogens with zero attached hydrogens (tertiary/aromatic N) is 1. The Morgan fingerprint density at radius 1 is 1.64 bits per heavy atom. The van der Waals surface area contributed by atoms with Crippen molar-refractivity contribution in [2.24, 2.45) is 7.05 Å². The van der Waals surface area contributed by atoms with Crippen LogP contribution in [0.1, 0.15) is 12.6 Å². The molecule has 0 unspecified atom stereocenters. The maximum absolute atomic E-state index is 8.89. The van der Waals surface area contributed by atoms with E-state index in [1.165, 1.54) is 5.69 Å². The van der Waals surface area contributed by atoms with Crippen molar-refractivity contribution in [2.75, 3.05) is 0 Å². The van der Waals surface area contributed by atoms with Crippen molar-refractivity contribution in [3.05, 3.63) is 42.7 Å². The van der Waals surface area contributed by atoms with Crippen LogP contribution in [-0.4, -0.2) is 5.97 Å². The highest BCUT2D eigenvalue weighted by atomic mass is 16.4. The van der Waals surface area contributed by atoms with Crippen LogP contribution in [-0.2, 0) is 18.3 Å². The van der Waals surface area contributed by atoms with Crippen molar-refractivity contribution < 1.29 is 14.5 Å². The number of carboxylic acid groups (broad SMARTS) is 1. The van der Waals surface area contributed by atoms with E-state index in [4.69, 9.17) is 9.90 Å². The van der Waals surface area contributed by atoms with Gasteiger partial charge in [-0.25, -0.2) is 4.57 Å². The molecule has 3 heteroatoms. The summed E-state index contributed by atoms with van der Waals surface area (Å²) in [5.74, 6) is -1.08. The Morgan fingerprint density at radius 3 is 2.64 bits per heavy atom. The van der Waals surface area contributed by atoms with E-state index in [-0.39, 0.29) is 0 Å². The summed E-state index contributed by atoms with van der Waals surface area (Å²) in [7, 11) is 2.04. The van der Waals surface area contributed by atoms with Gasteiger partial charge < -0.3 is 9.90 Å². The topological polar surface area (TPSA) is 44.0 Å². The van der Waals surface area contributed by atoms with Gasteiger partial charge in [-0.15, -0.1) is 6.58 Å². The molecule has 0 bridgehead atoms. The lowest BCUT2D eigenvalue weighted by Gasteiger charge is -1.92. The first-order valence-corrected chi connectivity index (χ1v) is 4.30. The van der Waals surface area contributed by atoms with Gasteiger partial charge in [0.05, 0.1) is 6.42 Å². The molecule has 0 saturated carbocycles. The summed E-state index contributed by atoms with van der Waals surface area (Å²) >= 11 is 0. The molecule has 0 spiro atoms. The second-order valence-corrected chi connectivity index (χ2v) is 2.79. The molecule has 0 saturated heterocycles. The van der Waals surface area contributed by atoms with Crippen LogP contribution < -0.4 is 9.67 Å². The third-order valence-electron chi connectivity index (χ3n) is 1.52. The third-order valence-corrected chi connectivity index (χ3v) is 1.52. The van der Waals surface area contributed by atoms with Crippen LogP contribution in [0.15, 0.2) is 37.1 Å². The van der Waals surface area contributed by atoms with Gasteiger partial charge in [-0.3, -0.25) is 0 Å². The molecule has 1 aromatic heterocycles. The Balaban J connectivity index is 0.000000364. The SMILES string of the molecule is C=CCc1cccc[n+]1C.CC(=O)[O-]. The van der Waals surface area contributed by atoms with E-state index in [0.717, 1.165) is 13.3 Å². The molecule has 3 nitrogen and oxygen atoms in total. The number of hydrogen-bond acceptors (Lipinski definition) is 2. The molecule has 0 atom stereocenters. The Morgan fingerprint density at radius 2 is 2.21 bits per heavy atom. The lowest BCUT2D eigenvalue weighted by atomic mass is 10.2. The Kier molecular flexibility index (Phi) is 6.03. The lowest BCUT2D eigenvalue weighted by Crippen LogP contribution is -2.32. The summed E-state index contributed by atoms with van der Waals surface area (Å²) < 4.78 is 2.10. The summed E-state index contributed by atoms with van der Waals surface area (Å²) in [5, 5.41) is 8.89. The Hall–Kier alpha value is -1.64. The highest BCUT2D eigenvalue weighted by Gasteiger charge is 1.99. The van der Waals surface area contributed by atoms with Crippen LogP contribution in [0.25, 0.3) is 0 Å². The number of rotatable bonds is 2. The van der Waals surface area contributed by atoms with Crippen molar-refractivity contribution in [1.82, 2.24) is 0 Å². The minimum absolute atomic E-state index is 0.942. The van der Waals surface area contributed by atoms with Gasteiger partial charge in [0.2, 0.25) is 0 Å². The molecule has 0 aliphatic carbocycles. The number of hydrogen-bond donors (Lipinski definition) is 0. The monoisotopic (exact) mass is 193 g/mol. The van der Waals surface area contributed by atoms with E-state index in [0.29, 0.717) is 0 Å². The van der Waals surface area contributed by atoms with Crippen molar-refractivity contribution in [2.45, 2.75) is 13.3 Å². The number of aromatic nitrogens is 1. The van der Waals surface area contributed by atoms with Crippen LogP contribution in [0.2, 0.25) is 0 Å². The maximum Gasteiger partial charge on any atom is 0.184 e. The summed E-state index contributed by atoms with van der Waals surface area (Å²) in [6.07, 6.45) is 4.89. The van der Waals surface area contributed by atoms with Crippen molar-refractivity contribution in [3.63, 3.8) is 0 Å². The number of aliphatic carboxylic acids is 1. The molecular formula is C11H15NO2. The number of pyridine rings is 1. The molecule has 0 amide bonds. The number of allylic oxidation sites excluding steroid dienone is 1. The highest BCUT2D eigenvalue weighted by Crippen LogP contribution is 1.91. The van der Waals surface area contributed by atoms with Crippen LogP contribution in [0.3, 0.4) is 0 Å². The second-order valence-electron chi connectivity index (χ2n) is 2.79. The molecule has 0 aromatic carbocycles. The molecule has 14 heavy (non-hydrogen) atoms. The summed E-state index contributed by atoms with van der Waals surface area (Å²) in [5.41, 5.74) is 1.29. The predicted octanol–water partition coefficient (Wildman–Crippen LogP) is -0.00420. The van der Waals surface area contributed by atoms with E-state index in [9.17, 15) is 0 Å². The smallest absolute Gasteiger partial charge is 0.184 e. The van der Waals surface area contributed by atoms with Gasteiger partial charge >= 0.3 is 0 Å². The van der Waals surface area contributed by atoms with Gasteiger partial charge in [-0.2, -0.15) is 0 Å². The van der Waals surface area contributed by atoms with Gasteiger partial charge in [0.1, 0.15) is 7.05 Å².